The number of hydrogen-bond acceptors (Lipinski definition) is 4. The first-order valence-electron chi connectivity index (χ1n) is 8.39. The molecule has 1 aliphatic heterocycles. The smallest absolute Gasteiger partial charge is 0.243 e. The largest absolute Gasteiger partial charge is 0.379 e. The summed E-state index contributed by atoms with van der Waals surface area (Å²) >= 11 is 0. The number of aryl methyl sites for hydroxylation is 1. The number of nitrogens with zero attached hydrogens (tertiary/aromatic N) is 1. The van der Waals surface area contributed by atoms with Crippen molar-refractivity contribution in [3.05, 3.63) is 29.8 Å². The van der Waals surface area contributed by atoms with Gasteiger partial charge in [-0.05, 0) is 37.5 Å². The predicted molar refractivity (Wildman–Crippen MR) is 92.2 cm³/mol. The van der Waals surface area contributed by atoms with Crippen molar-refractivity contribution >= 4 is 15.9 Å². The zero-order chi connectivity index (χ0) is 17.6. The van der Waals surface area contributed by atoms with Crippen LogP contribution >= 0.6 is 0 Å². The lowest BCUT2D eigenvalue weighted by Crippen LogP contribution is -2.40. The number of ether oxygens (including phenoxy) is 1. The van der Waals surface area contributed by atoms with E-state index in [9.17, 15) is 13.2 Å². The summed E-state index contributed by atoms with van der Waals surface area (Å²) < 4.78 is 31.7. The zero-order valence-electron chi connectivity index (χ0n) is 14.3. The molecule has 1 heterocycles. The van der Waals surface area contributed by atoms with E-state index in [2.05, 4.69) is 5.32 Å². The highest BCUT2D eigenvalue weighted by atomic mass is 32.2. The molecule has 6 nitrogen and oxygen atoms in total. The Morgan fingerprint density at radius 1 is 1.25 bits per heavy atom. The van der Waals surface area contributed by atoms with Crippen LogP contribution in [0.2, 0.25) is 0 Å². The summed E-state index contributed by atoms with van der Waals surface area (Å²) in [5.74, 6) is 0.0226. The molecule has 7 heteroatoms. The van der Waals surface area contributed by atoms with Crippen LogP contribution in [0.1, 0.15) is 32.3 Å². The minimum Gasteiger partial charge on any atom is -0.379 e. The van der Waals surface area contributed by atoms with Crippen LogP contribution in [-0.2, 0) is 26.0 Å². The number of hydrogen-bond donors (Lipinski definition) is 1. The van der Waals surface area contributed by atoms with Crippen molar-refractivity contribution in [2.45, 2.75) is 44.0 Å². The molecule has 1 amide bonds. The van der Waals surface area contributed by atoms with Gasteiger partial charge in [-0.3, -0.25) is 4.79 Å². The van der Waals surface area contributed by atoms with E-state index in [1.807, 2.05) is 13.8 Å². The van der Waals surface area contributed by atoms with Crippen LogP contribution in [0.4, 0.5) is 0 Å². The van der Waals surface area contributed by atoms with Crippen molar-refractivity contribution in [2.75, 3.05) is 26.3 Å². The van der Waals surface area contributed by atoms with E-state index in [0.29, 0.717) is 39.1 Å². The van der Waals surface area contributed by atoms with E-state index < -0.39 is 10.0 Å². The standard InChI is InChI=1S/C17H26N2O4S/c1-3-14(2)18-17(20)9-6-15-4-7-16(8-5-15)24(21,22)19-10-12-23-13-11-19/h4-5,7-8,14H,3,6,9-13H2,1-2H3,(H,18,20)/t14-/m1/s1. The maximum atomic E-state index is 12.5. The van der Waals surface area contributed by atoms with Gasteiger partial charge in [-0.1, -0.05) is 19.1 Å². The Bertz CT molecular complexity index is 637. The molecule has 134 valence electrons. The number of morpholine rings is 1. The molecule has 1 atom stereocenters. The van der Waals surface area contributed by atoms with E-state index >= 15 is 0 Å². The Morgan fingerprint density at radius 2 is 1.88 bits per heavy atom. The molecular weight excluding hydrogens is 328 g/mol. The number of amides is 1. The Morgan fingerprint density at radius 3 is 2.46 bits per heavy atom. The number of benzene rings is 1. The third-order valence-electron chi connectivity index (χ3n) is 4.19. The molecule has 1 fully saturated rings. The molecule has 1 N–H and O–H groups in total. The summed E-state index contributed by atoms with van der Waals surface area (Å²) in [6.45, 7) is 5.65. The van der Waals surface area contributed by atoms with Crippen LogP contribution in [0.15, 0.2) is 29.2 Å². The predicted octanol–water partition coefficient (Wildman–Crippen LogP) is 1.55. The van der Waals surface area contributed by atoms with Crippen LogP contribution in [0.3, 0.4) is 0 Å². The van der Waals surface area contributed by atoms with Gasteiger partial charge in [-0.25, -0.2) is 8.42 Å². The Labute approximate surface area is 144 Å². The highest BCUT2D eigenvalue weighted by Gasteiger charge is 2.26. The second kappa shape index (κ2) is 8.60. The molecule has 1 saturated heterocycles. The van der Waals surface area contributed by atoms with E-state index in [1.54, 1.807) is 24.3 Å². The molecule has 24 heavy (non-hydrogen) atoms. The van der Waals surface area contributed by atoms with Gasteiger partial charge in [0.25, 0.3) is 0 Å². The number of sulfonamides is 1. The number of rotatable bonds is 7. The average Bonchev–Trinajstić information content (AvgIpc) is 2.61. The Balaban J connectivity index is 1.94. The summed E-state index contributed by atoms with van der Waals surface area (Å²) in [5.41, 5.74) is 0.954. The summed E-state index contributed by atoms with van der Waals surface area (Å²) in [6, 6.07) is 6.98. The van der Waals surface area contributed by atoms with Crippen molar-refractivity contribution < 1.29 is 17.9 Å². The molecule has 0 aliphatic carbocycles. The Kier molecular flexibility index (Phi) is 6.77. The van der Waals surface area contributed by atoms with Crippen molar-refractivity contribution in [1.82, 2.24) is 9.62 Å². The lowest BCUT2D eigenvalue weighted by atomic mass is 10.1. The lowest BCUT2D eigenvalue weighted by molar-refractivity contribution is -0.121. The summed E-state index contributed by atoms with van der Waals surface area (Å²) in [7, 11) is -3.46. The molecular formula is C17H26N2O4S. The van der Waals surface area contributed by atoms with Crippen molar-refractivity contribution in [3.8, 4) is 0 Å². The first-order chi connectivity index (χ1) is 11.4. The minimum atomic E-state index is -3.46. The Hall–Kier alpha value is -1.44. The van der Waals surface area contributed by atoms with Gasteiger partial charge >= 0.3 is 0 Å². The number of nitrogens with one attached hydrogen (secondary N) is 1. The van der Waals surface area contributed by atoms with Crippen molar-refractivity contribution in [1.29, 1.82) is 0 Å². The van der Waals surface area contributed by atoms with Crippen LogP contribution in [-0.4, -0.2) is 51.0 Å². The van der Waals surface area contributed by atoms with Gasteiger partial charge < -0.3 is 10.1 Å². The fourth-order valence-corrected chi connectivity index (χ4v) is 3.88. The van der Waals surface area contributed by atoms with Gasteiger partial charge in [0.15, 0.2) is 0 Å². The molecule has 1 aromatic carbocycles. The quantitative estimate of drug-likeness (QED) is 0.806. The summed E-state index contributed by atoms with van der Waals surface area (Å²) in [6.07, 6.45) is 1.90. The first kappa shape index (κ1) is 18.9. The molecule has 0 bridgehead atoms. The molecule has 1 aliphatic rings. The van der Waals surface area contributed by atoms with E-state index in [0.717, 1.165) is 12.0 Å². The second-order valence-corrected chi connectivity index (χ2v) is 7.98. The van der Waals surface area contributed by atoms with E-state index in [4.69, 9.17) is 4.74 Å². The SMILES string of the molecule is CC[C@@H](C)NC(=O)CCc1ccc(S(=O)(=O)N2CCOCC2)cc1. The highest BCUT2D eigenvalue weighted by molar-refractivity contribution is 7.89. The zero-order valence-corrected chi connectivity index (χ0v) is 15.1. The van der Waals surface area contributed by atoms with Gasteiger partial charge in [0.05, 0.1) is 18.1 Å². The monoisotopic (exact) mass is 354 g/mol. The molecule has 1 aromatic rings. The summed E-state index contributed by atoms with van der Waals surface area (Å²) in [5, 5.41) is 2.93. The molecule has 0 spiro atoms. The first-order valence-corrected chi connectivity index (χ1v) is 9.83. The van der Waals surface area contributed by atoms with E-state index in [-0.39, 0.29) is 16.8 Å². The van der Waals surface area contributed by atoms with Crippen LogP contribution in [0.5, 0.6) is 0 Å². The van der Waals surface area contributed by atoms with Crippen LogP contribution in [0.25, 0.3) is 0 Å². The fourth-order valence-electron chi connectivity index (χ4n) is 2.47. The van der Waals surface area contributed by atoms with E-state index in [1.165, 1.54) is 4.31 Å². The maximum Gasteiger partial charge on any atom is 0.243 e. The van der Waals surface area contributed by atoms with Crippen LogP contribution < -0.4 is 5.32 Å². The average molecular weight is 354 g/mol. The molecule has 0 saturated carbocycles. The molecule has 0 radical (unpaired) electrons. The molecule has 0 unspecified atom stereocenters. The molecule has 0 aromatic heterocycles. The van der Waals surface area contributed by atoms with Gasteiger partial charge in [-0.2, -0.15) is 4.31 Å². The van der Waals surface area contributed by atoms with Crippen molar-refractivity contribution in [3.63, 3.8) is 0 Å². The third kappa shape index (κ3) is 5.03. The third-order valence-corrected chi connectivity index (χ3v) is 6.10. The van der Waals surface area contributed by atoms with Crippen LogP contribution in [0, 0.1) is 0 Å². The number of carbonyl (C=O) groups excluding carboxylic acids is 1. The topological polar surface area (TPSA) is 75.7 Å². The van der Waals surface area contributed by atoms with Gasteiger partial charge in [-0.15, -0.1) is 0 Å². The lowest BCUT2D eigenvalue weighted by Gasteiger charge is -2.26. The number of carbonyl (C=O) groups is 1. The fraction of sp³-hybridized carbons (Fsp3) is 0.588. The van der Waals surface area contributed by atoms with Gasteiger partial charge in [0.2, 0.25) is 15.9 Å². The summed E-state index contributed by atoms with van der Waals surface area (Å²) in [4.78, 5) is 12.1. The normalized spacial score (nSPS) is 17.4. The molecule has 2 rings (SSSR count). The van der Waals surface area contributed by atoms with Gasteiger partial charge in [0.1, 0.15) is 0 Å². The highest BCUT2D eigenvalue weighted by Crippen LogP contribution is 2.18. The minimum absolute atomic E-state index is 0.0226. The maximum absolute atomic E-state index is 12.5. The van der Waals surface area contributed by atoms with Gasteiger partial charge in [0, 0.05) is 25.6 Å². The second-order valence-electron chi connectivity index (χ2n) is 6.04. The van der Waals surface area contributed by atoms with Crippen molar-refractivity contribution in [2.24, 2.45) is 0 Å².